The van der Waals surface area contributed by atoms with E-state index < -0.39 is 0 Å². The maximum absolute atomic E-state index is 11.5. The van der Waals surface area contributed by atoms with E-state index in [1.807, 2.05) is 10.6 Å². The molecular weight excluding hydrogens is 162 g/mol. The first-order valence-corrected chi connectivity index (χ1v) is 4.73. The zero-order valence-electron chi connectivity index (χ0n) is 7.31. The highest BCUT2D eigenvalue weighted by Crippen LogP contribution is 2.36. The van der Waals surface area contributed by atoms with Crippen LogP contribution >= 0.6 is 0 Å². The van der Waals surface area contributed by atoms with E-state index in [1.54, 1.807) is 6.07 Å². The van der Waals surface area contributed by atoms with Crippen LogP contribution in [0.25, 0.3) is 0 Å². The topological polar surface area (TPSA) is 22.0 Å². The molecule has 0 radical (unpaired) electrons. The number of aromatic nitrogens is 1. The van der Waals surface area contributed by atoms with Crippen LogP contribution in [0.5, 0.6) is 0 Å². The summed E-state index contributed by atoms with van der Waals surface area (Å²) in [6.45, 7) is 0.877. The monoisotopic (exact) mass is 173 g/mol. The van der Waals surface area contributed by atoms with Crippen LogP contribution < -0.4 is 5.56 Å². The molecular formula is C11H11NO. The lowest BCUT2D eigenvalue weighted by atomic mass is 9.95. The first-order chi connectivity index (χ1) is 6.34. The van der Waals surface area contributed by atoms with E-state index in [0.717, 1.165) is 6.54 Å². The van der Waals surface area contributed by atoms with Crippen molar-refractivity contribution in [3.63, 3.8) is 0 Å². The molecule has 2 nitrogen and oxygen atoms in total. The van der Waals surface area contributed by atoms with Gasteiger partial charge in [-0.25, -0.2) is 0 Å². The van der Waals surface area contributed by atoms with Crippen molar-refractivity contribution in [3.8, 4) is 0 Å². The molecule has 66 valence electrons. The molecule has 2 atom stereocenters. The first-order valence-electron chi connectivity index (χ1n) is 4.73. The van der Waals surface area contributed by atoms with Gasteiger partial charge in [0.05, 0.1) is 0 Å². The Labute approximate surface area is 76.5 Å². The van der Waals surface area contributed by atoms with Crippen molar-refractivity contribution in [2.75, 3.05) is 0 Å². The number of fused-ring (bicyclic) bond motifs is 4. The number of rotatable bonds is 0. The molecule has 0 aromatic carbocycles. The molecule has 1 aliphatic heterocycles. The Bertz CT molecular complexity index is 430. The fourth-order valence-corrected chi connectivity index (χ4v) is 2.42. The molecule has 2 bridgehead atoms. The van der Waals surface area contributed by atoms with E-state index >= 15 is 0 Å². The third-order valence-electron chi connectivity index (χ3n) is 3.05. The number of pyridine rings is 1. The molecule has 1 aliphatic carbocycles. The van der Waals surface area contributed by atoms with E-state index in [4.69, 9.17) is 0 Å². The molecule has 13 heavy (non-hydrogen) atoms. The Morgan fingerprint density at radius 2 is 2.23 bits per heavy atom. The van der Waals surface area contributed by atoms with Crippen LogP contribution in [0.15, 0.2) is 35.1 Å². The first kappa shape index (κ1) is 7.13. The van der Waals surface area contributed by atoms with Crippen molar-refractivity contribution < 1.29 is 0 Å². The second-order valence-electron chi connectivity index (χ2n) is 3.89. The Morgan fingerprint density at radius 1 is 1.31 bits per heavy atom. The molecule has 0 N–H and O–H groups in total. The molecule has 0 amide bonds. The van der Waals surface area contributed by atoms with E-state index in [1.165, 1.54) is 12.1 Å². The van der Waals surface area contributed by atoms with Gasteiger partial charge in [-0.1, -0.05) is 18.2 Å². The van der Waals surface area contributed by atoms with Gasteiger partial charge in [-0.05, 0) is 18.4 Å². The highest BCUT2D eigenvalue weighted by molar-refractivity contribution is 5.25. The molecule has 2 unspecified atom stereocenters. The maximum atomic E-state index is 11.5. The van der Waals surface area contributed by atoms with Crippen LogP contribution in [0, 0.1) is 5.92 Å². The third-order valence-corrected chi connectivity index (χ3v) is 3.05. The number of hydrogen-bond donors (Lipinski definition) is 0. The molecule has 0 fully saturated rings. The zero-order chi connectivity index (χ0) is 8.84. The molecule has 0 spiro atoms. The summed E-state index contributed by atoms with van der Waals surface area (Å²) >= 11 is 0. The highest BCUT2D eigenvalue weighted by Gasteiger charge is 2.28. The minimum atomic E-state index is 0.149. The predicted molar refractivity (Wildman–Crippen MR) is 50.7 cm³/mol. The number of nitrogens with zero attached hydrogens (tertiary/aromatic N) is 1. The van der Waals surface area contributed by atoms with Gasteiger partial charge in [0.2, 0.25) is 0 Å². The molecule has 0 saturated heterocycles. The van der Waals surface area contributed by atoms with Gasteiger partial charge in [-0.15, -0.1) is 0 Å². The van der Waals surface area contributed by atoms with Crippen LogP contribution in [-0.2, 0) is 6.54 Å². The number of hydrogen-bond acceptors (Lipinski definition) is 1. The molecule has 2 heteroatoms. The van der Waals surface area contributed by atoms with Gasteiger partial charge in [-0.3, -0.25) is 4.79 Å². The standard InChI is InChI=1S/C11H11NO/c13-11-3-1-2-10-9-5-4-8(6-9)7-12(10)11/h1-5,8-9H,6-7H2. The summed E-state index contributed by atoms with van der Waals surface area (Å²) in [6, 6.07) is 5.58. The SMILES string of the molecule is O=c1cccc2n1CC1C=CC2C1. The molecule has 2 aliphatic rings. The summed E-state index contributed by atoms with van der Waals surface area (Å²) in [4.78, 5) is 11.5. The van der Waals surface area contributed by atoms with Gasteiger partial charge in [0.25, 0.3) is 5.56 Å². The van der Waals surface area contributed by atoms with E-state index in [2.05, 4.69) is 18.2 Å². The fourth-order valence-electron chi connectivity index (χ4n) is 2.42. The quantitative estimate of drug-likeness (QED) is 0.545. The molecule has 1 aromatic heterocycles. The van der Waals surface area contributed by atoms with Crippen LogP contribution in [0.1, 0.15) is 18.0 Å². The lowest BCUT2D eigenvalue weighted by Gasteiger charge is -2.24. The molecule has 3 rings (SSSR count). The van der Waals surface area contributed by atoms with Gasteiger partial charge in [0, 0.05) is 24.2 Å². The van der Waals surface area contributed by atoms with Gasteiger partial charge in [-0.2, -0.15) is 0 Å². The maximum Gasteiger partial charge on any atom is 0.250 e. The average molecular weight is 173 g/mol. The second kappa shape index (κ2) is 2.34. The second-order valence-corrected chi connectivity index (χ2v) is 3.89. The van der Waals surface area contributed by atoms with Crippen LogP contribution in [0.4, 0.5) is 0 Å². The van der Waals surface area contributed by atoms with Crippen molar-refractivity contribution in [1.29, 1.82) is 0 Å². The Kier molecular flexibility index (Phi) is 1.29. The summed E-state index contributed by atoms with van der Waals surface area (Å²) in [5.74, 6) is 1.09. The van der Waals surface area contributed by atoms with Gasteiger partial charge in [0.15, 0.2) is 0 Å². The minimum Gasteiger partial charge on any atom is -0.311 e. The summed E-state index contributed by atoms with van der Waals surface area (Å²) in [5.41, 5.74) is 1.34. The van der Waals surface area contributed by atoms with Crippen LogP contribution in [0.2, 0.25) is 0 Å². The summed E-state index contributed by atoms with van der Waals surface area (Å²) in [6.07, 6.45) is 5.68. The van der Waals surface area contributed by atoms with Crippen molar-refractivity contribution in [2.24, 2.45) is 5.92 Å². The van der Waals surface area contributed by atoms with Gasteiger partial charge in [0.1, 0.15) is 0 Å². The van der Waals surface area contributed by atoms with Crippen LogP contribution in [0.3, 0.4) is 0 Å². The third kappa shape index (κ3) is 0.916. The molecule has 0 saturated carbocycles. The van der Waals surface area contributed by atoms with Crippen molar-refractivity contribution in [1.82, 2.24) is 4.57 Å². The molecule has 2 heterocycles. The smallest absolute Gasteiger partial charge is 0.250 e. The minimum absolute atomic E-state index is 0.149. The average Bonchev–Trinajstić information content (AvgIpc) is 2.51. The Balaban J connectivity index is 2.26. The highest BCUT2D eigenvalue weighted by atomic mass is 16.1. The van der Waals surface area contributed by atoms with Gasteiger partial charge < -0.3 is 4.57 Å². The zero-order valence-corrected chi connectivity index (χ0v) is 7.31. The van der Waals surface area contributed by atoms with E-state index in [-0.39, 0.29) is 5.56 Å². The largest absolute Gasteiger partial charge is 0.311 e. The summed E-state index contributed by atoms with van der Waals surface area (Å²) in [7, 11) is 0. The van der Waals surface area contributed by atoms with Crippen LogP contribution in [-0.4, -0.2) is 4.57 Å². The van der Waals surface area contributed by atoms with Crippen molar-refractivity contribution in [2.45, 2.75) is 18.9 Å². The fraction of sp³-hybridized carbons (Fsp3) is 0.364. The number of allylic oxidation sites excluding steroid dienone is 2. The Morgan fingerprint density at radius 3 is 3.15 bits per heavy atom. The normalized spacial score (nSPS) is 28.9. The van der Waals surface area contributed by atoms with Crippen molar-refractivity contribution >= 4 is 0 Å². The Hall–Kier alpha value is -1.31. The van der Waals surface area contributed by atoms with E-state index in [0.29, 0.717) is 11.8 Å². The summed E-state index contributed by atoms with van der Waals surface area (Å²) in [5, 5.41) is 0. The van der Waals surface area contributed by atoms with E-state index in [9.17, 15) is 4.79 Å². The lowest BCUT2D eigenvalue weighted by molar-refractivity contribution is 0.425. The van der Waals surface area contributed by atoms with Crippen molar-refractivity contribution in [3.05, 3.63) is 46.4 Å². The molecule has 1 aromatic rings. The predicted octanol–water partition coefficient (Wildman–Crippen LogP) is 1.52. The van der Waals surface area contributed by atoms with Gasteiger partial charge >= 0.3 is 0 Å². The lowest BCUT2D eigenvalue weighted by Crippen LogP contribution is -2.29. The summed E-state index contributed by atoms with van der Waals surface area (Å²) < 4.78 is 1.92.